The summed E-state index contributed by atoms with van der Waals surface area (Å²) in [7, 11) is 0. The first-order valence-electron chi connectivity index (χ1n) is 6.11. The fraction of sp³-hybridized carbons (Fsp3) is 0.308. The number of anilines is 1. The van der Waals surface area contributed by atoms with Gasteiger partial charge in [-0.2, -0.15) is 0 Å². The Morgan fingerprint density at radius 3 is 3.05 bits per heavy atom. The molecule has 0 saturated heterocycles. The number of nitrogens with zero attached hydrogens (tertiary/aromatic N) is 3. The maximum atomic E-state index is 12.4. The zero-order valence-electron chi connectivity index (χ0n) is 10.5. The minimum absolute atomic E-state index is 0.0850. The van der Waals surface area contributed by atoms with E-state index in [1.807, 2.05) is 11.8 Å². The summed E-state index contributed by atoms with van der Waals surface area (Å²) in [6.45, 7) is 2.77. The number of thiophene rings is 1. The van der Waals surface area contributed by atoms with Crippen molar-refractivity contribution in [3.05, 3.63) is 40.0 Å². The lowest BCUT2D eigenvalue weighted by Gasteiger charge is -2.33. The second kappa shape index (κ2) is 4.62. The van der Waals surface area contributed by atoms with Gasteiger partial charge in [0.05, 0.1) is 18.4 Å². The molecule has 0 spiro atoms. The first-order valence-corrected chi connectivity index (χ1v) is 6.99. The molecule has 1 aliphatic heterocycles. The maximum Gasteiger partial charge on any atom is 0.274 e. The molecule has 2 N–H and O–H groups in total. The van der Waals surface area contributed by atoms with Crippen LogP contribution in [-0.4, -0.2) is 27.3 Å². The lowest BCUT2D eigenvalue weighted by Crippen LogP contribution is -2.38. The number of hydrogen-bond acceptors (Lipinski definition) is 5. The van der Waals surface area contributed by atoms with Crippen molar-refractivity contribution in [2.24, 2.45) is 0 Å². The van der Waals surface area contributed by atoms with Crippen molar-refractivity contribution in [2.45, 2.75) is 19.4 Å². The van der Waals surface area contributed by atoms with Gasteiger partial charge in [-0.15, -0.1) is 11.3 Å². The topological polar surface area (TPSA) is 72.1 Å². The Kier molecular flexibility index (Phi) is 2.94. The number of carbonyl (C=O) groups excluding carboxylic acids is 1. The lowest BCUT2D eigenvalue weighted by atomic mass is 10.0. The average Bonchev–Trinajstić information content (AvgIpc) is 2.88. The SMILES string of the molecule is CC1c2ccsc2CCN1C(=O)c1cnc(N)cn1. The van der Waals surface area contributed by atoms with E-state index in [-0.39, 0.29) is 11.9 Å². The molecule has 2 aromatic heterocycles. The molecule has 3 heterocycles. The van der Waals surface area contributed by atoms with Crippen molar-refractivity contribution in [3.63, 3.8) is 0 Å². The summed E-state index contributed by atoms with van der Waals surface area (Å²) in [5, 5.41) is 2.08. The summed E-state index contributed by atoms with van der Waals surface area (Å²) in [6, 6.07) is 2.18. The standard InChI is InChI=1S/C13H14N4OS/c1-8-9-3-5-19-11(9)2-4-17(8)13(18)10-6-16-12(14)7-15-10/h3,5-8H,2,4H2,1H3,(H2,14,16). The first-order chi connectivity index (χ1) is 9.16. The molecule has 19 heavy (non-hydrogen) atoms. The molecule has 1 unspecified atom stereocenters. The summed E-state index contributed by atoms with van der Waals surface area (Å²) >= 11 is 1.76. The second-order valence-electron chi connectivity index (χ2n) is 4.55. The van der Waals surface area contributed by atoms with Crippen LogP contribution in [0.5, 0.6) is 0 Å². The van der Waals surface area contributed by atoms with Crippen LogP contribution in [0.1, 0.15) is 33.9 Å². The summed E-state index contributed by atoms with van der Waals surface area (Å²) in [5.74, 6) is 0.236. The van der Waals surface area contributed by atoms with Gasteiger partial charge in [0.25, 0.3) is 5.91 Å². The van der Waals surface area contributed by atoms with Crippen LogP contribution in [0.4, 0.5) is 5.82 Å². The average molecular weight is 274 g/mol. The maximum absolute atomic E-state index is 12.4. The van der Waals surface area contributed by atoms with E-state index in [0.717, 1.165) is 13.0 Å². The molecule has 0 radical (unpaired) electrons. The van der Waals surface area contributed by atoms with E-state index in [2.05, 4.69) is 21.4 Å². The predicted octanol–water partition coefficient (Wildman–Crippen LogP) is 1.88. The number of aromatic nitrogens is 2. The van der Waals surface area contributed by atoms with Gasteiger partial charge in [0.2, 0.25) is 0 Å². The van der Waals surface area contributed by atoms with Gasteiger partial charge in [0, 0.05) is 11.4 Å². The van der Waals surface area contributed by atoms with Crippen molar-refractivity contribution in [3.8, 4) is 0 Å². The monoisotopic (exact) mass is 274 g/mol. The van der Waals surface area contributed by atoms with Gasteiger partial charge in [-0.1, -0.05) is 0 Å². The summed E-state index contributed by atoms with van der Waals surface area (Å²) in [6.07, 6.45) is 3.76. The van der Waals surface area contributed by atoms with Crippen LogP contribution < -0.4 is 5.73 Å². The molecular weight excluding hydrogens is 260 g/mol. The van der Waals surface area contributed by atoms with Gasteiger partial charge in [-0.3, -0.25) is 4.79 Å². The highest BCUT2D eigenvalue weighted by atomic mass is 32.1. The smallest absolute Gasteiger partial charge is 0.274 e. The summed E-state index contributed by atoms with van der Waals surface area (Å²) in [5.41, 5.74) is 7.08. The third-order valence-electron chi connectivity index (χ3n) is 3.43. The number of nitrogens with two attached hydrogens (primary N) is 1. The highest BCUT2D eigenvalue weighted by Crippen LogP contribution is 2.33. The molecule has 1 aliphatic rings. The Labute approximate surface area is 115 Å². The first kappa shape index (κ1) is 12.1. The number of rotatable bonds is 1. The van der Waals surface area contributed by atoms with Crippen molar-refractivity contribution in [1.29, 1.82) is 0 Å². The third-order valence-corrected chi connectivity index (χ3v) is 4.43. The van der Waals surface area contributed by atoms with Crippen molar-refractivity contribution >= 4 is 23.1 Å². The number of amides is 1. The Balaban J connectivity index is 1.87. The van der Waals surface area contributed by atoms with Crippen molar-refractivity contribution in [2.75, 3.05) is 12.3 Å². The molecule has 3 rings (SSSR count). The van der Waals surface area contributed by atoms with Gasteiger partial charge in [0.1, 0.15) is 11.5 Å². The minimum atomic E-state index is -0.0862. The molecule has 0 fully saturated rings. The van der Waals surface area contributed by atoms with Crippen LogP contribution >= 0.6 is 11.3 Å². The third kappa shape index (κ3) is 2.08. The van der Waals surface area contributed by atoms with E-state index in [9.17, 15) is 4.79 Å². The number of carbonyl (C=O) groups is 1. The summed E-state index contributed by atoms with van der Waals surface area (Å²) < 4.78 is 0. The molecule has 0 saturated carbocycles. The van der Waals surface area contributed by atoms with Crippen LogP contribution in [0.25, 0.3) is 0 Å². The molecule has 0 aliphatic carbocycles. The van der Waals surface area contributed by atoms with E-state index >= 15 is 0 Å². The molecule has 6 heteroatoms. The molecule has 0 bridgehead atoms. The fourth-order valence-electron chi connectivity index (χ4n) is 2.38. The van der Waals surface area contributed by atoms with Crippen LogP contribution in [0, 0.1) is 0 Å². The zero-order valence-corrected chi connectivity index (χ0v) is 11.4. The van der Waals surface area contributed by atoms with E-state index in [1.54, 1.807) is 11.3 Å². The molecular formula is C13H14N4OS. The molecule has 5 nitrogen and oxygen atoms in total. The number of fused-ring (bicyclic) bond motifs is 1. The zero-order chi connectivity index (χ0) is 13.4. The Morgan fingerprint density at radius 2 is 2.32 bits per heavy atom. The summed E-state index contributed by atoms with van der Waals surface area (Å²) in [4.78, 5) is 23.6. The normalized spacial score (nSPS) is 18.2. The fourth-order valence-corrected chi connectivity index (χ4v) is 3.35. The van der Waals surface area contributed by atoms with Gasteiger partial charge in [0.15, 0.2) is 0 Å². The van der Waals surface area contributed by atoms with E-state index in [0.29, 0.717) is 11.5 Å². The second-order valence-corrected chi connectivity index (χ2v) is 5.55. The van der Waals surface area contributed by atoms with Gasteiger partial charge >= 0.3 is 0 Å². The van der Waals surface area contributed by atoms with Gasteiger partial charge in [-0.05, 0) is 30.4 Å². The Bertz CT molecular complexity index is 607. The van der Waals surface area contributed by atoms with Crippen LogP contribution in [0.15, 0.2) is 23.8 Å². The highest BCUT2D eigenvalue weighted by molar-refractivity contribution is 7.10. The van der Waals surface area contributed by atoms with Crippen LogP contribution in [0.3, 0.4) is 0 Å². The highest BCUT2D eigenvalue weighted by Gasteiger charge is 2.29. The van der Waals surface area contributed by atoms with Gasteiger partial charge in [-0.25, -0.2) is 9.97 Å². The molecule has 0 aromatic carbocycles. The molecule has 1 amide bonds. The van der Waals surface area contributed by atoms with E-state index < -0.39 is 0 Å². The van der Waals surface area contributed by atoms with E-state index in [4.69, 9.17) is 5.73 Å². The lowest BCUT2D eigenvalue weighted by molar-refractivity contribution is 0.0673. The molecule has 98 valence electrons. The van der Waals surface area contributed by atoms with E-state index in [1.165, 1.54) is 22.8 Å². The van der Waals surface area contributed by atoms with Crippen LogP contribution in [0.2, 0.25) is 0 Å². The molecule has 2 aromatic rings. The largest absolute Gasteiger partial charge is 0.382 e. The minimum Gasteiger partial charge on any atom is -0.382 e. The van der Waals surface area contributed by atoms with Crippen molar-refractivity contribution < 1.29 is 4.79 Å². The van der Waals surface area contributed by atoms with Crippen LogP contribution in [-0.2, 0) is 6.42 Å². The number of hydrogen-bond donors (Lipinski definition) is 1. The number of nitrogen functional groups attached to an aromatic ring is 1. The quantitative estimate of drug-likeness (QED) is 0.861. The van der Waals surface area contributed by atoms with Gasteiger partial charge < -0.3 is 10.6 Å². The Hall–Kier alpha value is -1.95. The Morgan fingerprint density at radius 1 is 1.47 bits per heavy atom. The molecule has 1 atom stereocenters. The van der Waals surface area contributed by atoms with Crippen molar-refractivity contribution in [1.82, 2.24) is 14.9 Å². The predicted molar refractivity (Wildman–Crippen MR) is 73.9 cm³/mol.